The Balaban J connectivity index is 1.73. The van der Waals surface area contributed by atoms with Crippen molar-refractivity contribution in [1.82, 2.24) is 20.0 Å². The number of primary amides is 1. The quantitative estimate of drug-likeness (QED) is 0.754. The van der Waals surface area contributed by atoms with Gasteiger partial charge in [0, 0.05) is 38.4 Å². The monoisotopic (exact) mass is 279 g/mol. The largest absolute Gasteiger partial charge is 0.369 e. The van der Waals surface area contributed by atoms with E-state index in [1.165, 1.54) is 5.69 Å². The SMILES string of the molecule is CCCn1nccc1CNC1CCN(CC(N)=O)CC1. The van der Waals surface area contributed by atoms with Crippen LogP contribution in [0.3, 0.4) is 0 Å². The molecule has 0 atom stereocenters. The van der Waals surface area contributed by atoms with Crippen molar-refractivity contribution < 1.29 is 4.79 Å². The topological polar surface area (TPSA) is 76.2 Å². The van der Waals surface area contributed by atoms with Crippen molar-refractivity contribution in [1.29, 1.82) is 0 Å². The van der Waals surface area contributed by atoms with E-state index in [-0.39, 0.29) is 5.91 Å². The number of piperidine rings is 1. The zero-order valence-electron chi connectivity index (χ0n) is 12.2. The molecule has 0 radical (unpaired) electrons. The molecule has 1 saturated heterocycles. The number of amides is 1. The van der Waals surface area contributed by atoms with E-state index in [0.717, 1.165) is 45.4 Å². The van der Waals surface area contributed by atoms with Gasteiger partial charge < -0.3 is 11.1 Å². The van der Waals surface area contributed by atoms with Gasteiger partial charge in [-0.2, -0.15) is 5.10 Å². The van der Waals surface area contributed by atoms with Crippen LogP contribution in [0.5, 0.6) is 0 Å². The summed E-state index contributed by atoms with van der Waals surface area (Å²) in [7, 11) is 0. The molecule has 1 fully saturated rings. The molecule has 3 N–H and O–H groups in total. The minimum absolute atomic E-state index is 0.236. The molecule has 1 aliphatic heterocycles. The Morgan fingerprint density at radius 2 is 2.25 bits per heavy atom. The number of aromatic nitrogens is 2. The summed E-state index contributed by atoms with van der Waals surface area (Å²) in [5.41, 5.74) is 6.46. The second kappa shape index (κ2) is 7.40. The Hall–Kier alpha value is -1.40. The lowest BCUT2D eigenvalue weighted by Crippen LogP contribution is -2.45. The molecule has 0 unspecified atom stereocenters. The van der Waals surface area contributed by atoms with Gasteiger partial charge in [0.25, 0.3) is 0 Å². The molecule has 20 heavy (non-hydrogen) atoms. The highest BCUT2D eigenvalue weighted by atomic mass is 16.1. The standard InChI is InChI=1S/C14H25N5O/c1-2-7-19-13(3-6-17-19)10-16-12-4-8-18(9-5-12)11-14(15)20/h3,6,12,16H,2,4-5,7-11H2,1H3,(H2,15,20). The highest BCUT2D eigenvalue weighted by Crippen LogP contribution is 2.11. The van der Waals surface area contributed by atoms with Crippen LogP contribution in [-0.4, -0.2) is 46.3 Å². The number of aryl methyl sites for hydroxylation is 1. The van der Waals surface area contributed by atoms with E-state index in [9.17, 15) is 4.79 Å². The van der Waals surface area contributed by atoms with Gasteiger partial charge in [-0.05, 0) is 25.3 Å². The van der Waals surface area contributed by atoms with Gasteiger partial charge in [0.2, 0.25) is 5.91 Å². The third kappa shape index (κ3) is 4.31. The van der Waals surface area contributed by atoms with Crippen LogP contribution in [0.4, 0.5) is 0 Å². The van der Waals surface area contributed by atoms with Gasteiger partial charge in [-0.1, -0.05) is 6.92 Å². The van der Waals surface area contributed by atoms with Crippen molar-refractivity contribution >= 4 is 5.91 Å². The second-order valence-corrected chi connectivity index (χ2v) is 5.44. The summed E-state index contributed by atoms with van der Waals surface area (Å²) in [5.74, 6) is -0.236. The number of carbonyl (C=O) groups is 1. The van der Waals surface area contributed by atoms with Crippen molar-refractivity contribution in [2.24, 2.45) is 5.73 Å². The molecule has 0 aromatic carbocycles. The zero-order chi connectivity index (χ0) is 14.4. The number of nitrogens with one attached hydrogen (secondary N) is 1. The van der Waals surface area contributed by atoms with Crippen molar-refractivity contribution in [3.8, 4) is 0 Å². The first kappa shape index (κ1) is 15.0. The number of hydrogen-bond donors (Lipinski definition) is 2. The summed E-state index contributed by atoms with van der Waals surface area (Å²) >= 11 is 0. The highest BCUT2D eigenvalue weighted by Gasteiger charge is 2.19. The molecule has 6 heteroatoms. The fraction of sp³-hybridized carbons (Fsp3) is 0.714. The Morgan fingerprint density at radius 1 is 1.50 bits per heavy atom. The molecular weight excluding hydrogens is 254 g/mol. The molecule has 0 bridgehead atoms. The fourth-order valence-electron chi connectivity index (χ4n) is 2.69. The van der Waals surface area contributed by atoms with Crippen molar-refractivity contribution in [3.05, 3.63) is 18.0 Å². The summed E-state index contributed by atoms with van der Waals surface area (Å²) in [6, 6.07) is 2.59. The van der Waals surface area contributed by atoms with Gasteiger partial charge in [0.15, 0.2) is 0 Å². The maximum Gasteiger partial charge on any atom is 0.231 e. The first-order valence-electron chi connectivity index (χ1n) is 7.43. The molecule has 112 valence electrons. The Morgan fingerprint density at radius 3 is 2.90 bits per heavy atom. The fourth-order valence-corrected chi connectivity index (χ4v) is 2.69. The van der Waals surface area contributed by atoms with Gasteiger partial charge in [-0.3, -0.25) is 14.4 Å². The van der Waals surface area contributed by atoms with Gasteiger partial charge in [0.05, 0.1) is 12.2 Å². The average molecular weight is 279 g/mol. The Kier molecular flexibility index (Phi) is 5.55. The second-order valence-electron chi connectivity index (χ2n) is 5.44. The lowest BCUT2D eigenvalue weighted by atomic mass is 10.0. The number of nitrogens with two attached hydrogens (primary N) is 1. The molecule has 2 heterocycles. The number of carbonyl (C=O) groups excluding carboxylic acids is 1. The van der Waals surface area contributed by atoms with Crippen LogP contribution in [0.1, 0.15) is 31.9 Å². The molecule has 1 aromatic heterocycles. The van der Waals surface area contributed by atoms with E-state index in [1.807, 2.05) is 6.20 Å². The van der Waals surface area contributed by atoms with Crippen molar-refractivity contribution in [2.45, 2.75) is 45.3 Å². The molecule has 2 rings (SSSR count). The third-order valence-corrected chi connectivity index (χ3v) is 3.78. The molecule has 1 aromatic rings. The van der Waals surface area contributed by atoms with Crippen LogP contribution in [0, 0.1) is 0 Å². The first-order valence-corrected chi connectivity index (χ1v) is 7.43. The van der Waals surface area contributed by atoms with Crippen LogP contribution in [0.2, 0.25) is 0 Å². The van der Waals surface area contributed by atoms with Gasteiger partial charge in [-0.15, -0.1) is 0 Å². The molecular formula is C14H25N5O. The lowest BCUT2D eigenvalue weighted by molar-refractivity contribution is -0.119. The predicted molar refractivity (Wildman–Crippen MR) is 78.0 cm³/mol. The maximum atomic E-state index is 10.9. The third-order valence-electron chi connectivity index (χ3n) is 3.78. The van der Waals surface area contributed by atoms with Gasteiger partial charge >= 0.3 is 0 Å². The van der Waals surface area contributed by atoms with Gasteiger partial charge in [0.1, 0.15) is 0 Å². The van der Waals surface area contributed by atoms with E-state index >= 15 is 0 Å². The minimum Gasteiger partial charge on any atom is -0.369 e. The van der Waals surface area contributed by atoms with E-state index in [4.69, 9.17) is 5.73 Å². The minimum atomic E-state index is -0.236. The Bertz CT molecular complexity index is 423. The molecule has 1 amide bonds. The molecule has 0 spiro atoms. The summed E-state index contributed by atoms with van der Waals surface area (Å²) in [6.07, 6.45) is 5.09. The van der Waals surface area contributed by atoms with E-state index in [2.05, 4.69) is 33.0 Å². The van der Waals surface area contributed by atoms with E-state index in [0.29, 0.717) is 12.6 Å². The Labute approximate surface area is 120 Å². The number of hydrogen-bond acceptors (Lipinski definition) is 4. The summed E-state index contributed by atoms with van der Waals surface area (Å²) in [6.45, 7) is 6.26. The van der Waals surface area contributed by atoms with Crippen LogP contribution in [-0.2, 0) is 17.9 Å². The molecule has 0 saturated carbocycles. The van der Waals surface area contributed by atoms with Crippen LogP contribution < -0.4 is 11.1 Å². The van der Waals surface area contributed by atoms with Gasteiger partial charge in [-0.25, -0.2) is 0 Å². The lowest BCUT2D eigenvalue weighted by Gasteiger charge is -2.31. The van der Waals surface area contributed by atoms with Crippen LogP contribution in [0.15, 0.2) is 12.3 Å². The highest BCUT2D eigenvalue weighted by molar-refractivity contribution is 5.75. The normalized spacial score (nSPS) is 17.4. The average Bonchev–Trinajstić information content (AvgIpc) is 2.85. The summed E-state index contributed by atoms with van der Waals surface area (Å²) in [4.78, 5) is 13.0. The smallest absolute Gasteiger partial charge is 0.231 e. The predicted octanol–water partition coefficient (Wildman–Crippen LogP) is 0.332. The first-order chi connectivity index (χ1) is 9.69. The zero-order valence-corrected chi connectivity index (χ0v) is 12.2. The molecule has 6 nitrogen and oxygen atoms in total. The maximum absolute atomic E-state index is 10.9. The molecule has 1 aliphatic rings. The number of likely N-dealkylation sites (tertiary alicyclic amines) is 1. The van der Waals surface area contributed by atoms with Crippen molar-refractivity contribution in [2.75, 3.05) is 19.6 Å². The van der Waals surface area contributed by atoms with Crippen molar-refractivity contribution in [3.63, 3.8) is 0 Å². The van der Waals surface area contributed by atoms with Crippen LogP contribution >= 0.6 is 0 Å². The molecule has 0 aliphatic carbocycles. The van der Waals surface area contributed by atoms with E-state index < -0.39 is 0 Å². The number of rotatable bonds is 7. The van der Waals surface area contributed by atoms with E-state index in [1.54, 1.807) is 0 Å². The number of nitrogens with zero attached hydrogens (tertiary/aromatic N) is 3. The summed E-state index contributed by atoms with van der Waals surface area (Å²) in [5, 5.41) is 7.92. The van der Waals surface area contributed by atoms with Crippen LogP contribution in [0.25, 0.3) is 0 Å². The summed E-state index contributed by atoms with van der Waals surface area (Å²) < 4.78 is 2.06.